The first kappa shape index (κ1) is 22.4. The van der Waals surface area contributed by atoms with E-state index in [4.69, 9.17) is 14.2 Å². The van der Waals surface area contributed by atoms with E-state index in [0.29, 0.717) is 11.1 Å². The first-order valence-electron chi connectivity index (χ1n) is 8.79. The van der Waals surface area contributed by atoms with Crippen LogP contribution >= 0.6 is 0 Å². The molecule has 1 unspecified atom stereocenters. The Morgan fingerprint density at radius 1 is 0.828 bits per heavy atom. The van der Waals surface area contributed by atoms with Gasteiger partial charge in [0.05, 0.1) is 6.42 Å². The number of carbonyl (C=O) groups excluding carboxylic acids is 2. The molecule has 0 radical (unpaired) electrons. The summed E-state index contributed by atoms with van der Waals surface area (Å²) in [5.41, 5.74) is -0.797. The summed E-state index contributed by atoms with van der Waals surface area (Å²) in [6, 6.07) is 17.3. The van der Waals surface area contributed by atoms with Crippen LogP contribution in [0, 0.1) is 0 Å². The highest BCUT2D eigenvalue weighted by Crippen LogP contribution is 2.25. The molecule has 8 heteroatoms. The maximum absolute atomic E-state index is 12.6. The van der Waals surface area contributed by atoms with Crippen LogP contribution in [0.15, 0.2) is 60.7 Å². The van der Waals surface area contributed by atoms with E-state index < -0.39 is 36.7 Å². The SMILES string of the molecule is CC(CC(=O)OCc1ccccc1)(OCC(F)(F)F)C(=O)OCc1ccccc1. The van der Waals surface area contributed by atoms with Crippen molar-refractivity contribution in [3.63, 3.8) is 0 Å². The van der Waals surface area contributed by atoms with Gasteiger partial charge in [-0.25, -0.2) is 4.79 Å². The van der Waals surface area contributed by atoms with E-state index in [9.17, 15) is 22.8 Å². The van der Waals surface area contributed by atoms with Gasteiger partial charge in [0.2, 0.25) is 0 Å². The Bertz CT molecular complexity index is 793. The molecule has 0 saturated carbocycles. The van der Waals surface area contributed by atoms with Gasteiger partial charge in [-0.3, -0.25) is 4.79 Å². The number of ether oxygens (including phenoxy) is 3. The highest BCUT2D eigenvalue weighted by molar-refractivity contribution is 5.85. The zero-order chi connectivity index (χ0) is 21.3. The Hall–Kier alpha value is -2.87. The van der Waals surface area contributed by atoms with Gasteiger partial charge in [0.1, 0.15) is 19.8 Å². The van der Waals surface area contributed by atoms with Gasteiger partial charge < -0.3 is 14.2 Å². The van der Waals surface area contributed by atoms with Crippen molar-refractivity contribution < 1.29 is 37.0 Å². The fraction of sp³-hybridized carbons (Fsp3) is 0.333. The molecule has 0 N–H and O–H groups in total. The van der Waals surface area contributed by atoms with Gasteiger partial charge in [0, 0.05) is 0 Å². The highest BCUT2D eigenvalue weighted by Gasteiger charge is 2.43. The van der Waals surface area contributed by atoms with Crippen molar-refractivity contribution in [3.8, 4) is 0 Å². The Labute approximate surface area is 166 Å². The molecule has 156 valence electrons. The number of hydrogen-bond donors (Lipinski definition) is 0. The average molecular weight is 410 g/mol. The molecule has 29 heavy (non-hydrogen) atoms. The largest absolute Gasteiger partial charge is 0.461 e. The van der Waals surface area contributed by atoms with E-state index in [1.165, 1.54) is 0 Å². The smallest absolute Gasteiger partial charge is 0.411 e. The maximum atomic E-state index is 12.6. The summed E-state index contributed by atoms with van der Waals surface area (Å²) in [7, 11) is 0. The minimum Gasteiger partial charge on any atom is -0.461 e. The summed E-state index contributed by atoms with van der Waals surface area (Å²) in [4.78, 5) is 24.6. The van der Waals surface area contributed by atoms with Crippen LogP contribution in [0.2, 0.25) is 0 Å². The van der Waals surface area contributed by atoms with Crippen LogP contribution in [0.3, 0.4) is 0 Å². The number of rotatable bonds is 9. The highest BCUT2D eigenvalue weighted by atomic mass is 19.4. The van der Waals surface area contributed by atoms with Crippen molar-refractivity contribution in [2.24, 2.45) is 0 Å². The molecule has 0 aromatic heterocycles. The molecule has 0 aliphatic heterocycles. The van der Waals surface area contributed by atoms with Gasteiger partial charge in [-0.15, -0.1) is 0 Å². The summed E-state index contributed by atoms with van der Waals surface area (Å²) >= 11 is 0. The fourth-order valence-corrected chi connectivity index (χ4v) is 2.36. The lowest BCUT2D eigenvalue weighted by molar-refractivity contribution is -0.216. The lowest BCUT2D eigenvalue weighted by atomic mass is 10.0. The molecule has 0 aliphatic carbocycles. The predicted octanol–water partition coefficient (Wildman–Crippen LogP) is 4.20. The van der Waals surface area contributed by atoms with E-state index in [2.05, 4.69) is 0 Å². The number of hydrogen-bond acceptors (Lipinski definition) is 5. The molecule has 0 aliphatic rings. The summed E-state index contributed by atoms with van der Waals surface area (Å²) in [5, 5.41) is 0. The second kappa shape index (κ2) is 10.1. The molecular weight excluding hydrogens is 389 g/mol. The van der Waals surface area contributed by atoms with Crippen molar-refractivity contribution in [3.05, 3.63) is 71.8 Å². The van der Waals surface area contributed by atoms with E-state index in [1.807, 2.05) is 0 Å². The summed E-state index contributed by atoms with van der Waals surface area (Å²) < 4.78 is 52.8. The molecule has 2 rings (SSSR count). The van der Waals surface area contributed by atoms with Crippen LogP contribution in [-0.2, 0) is 37.0 Å². The summed E-state index contributed by atoms with van der Waals surface area (Å²) in [5.74, 6) is -1.96. The quantitative estimate of drug-likeness (QED) is 0.580. The third-order valence-electron chi connectivity index (χ3n) is 3.92. The zero-order valence-corrected chi connectivity index (χ0v) is 15.8. The van der Waals surface area contributed by atoms with Crippen LogP contribution in [0.1, 0.15) is 24.5 Å². The molecule has 0 spiro atoms. The van der Waals surface area contributed by atoms with Crippen molar-refractivity contribution >= 4 is 11.9 Å². The van der Waals surface area contributed by atoms with Crippen LogP contribution in [0.25, 0.3) is 0 Å². The third-order valence-corrected chi connectivity index (χ3v) is 3.92. The molecule has 2 aromatic carbocycles. The Balaban J connectivity index is 2.01. The molecule has 5 nitrogen and oxygen atoms in total. The van der Waals surface area contributed by atoms with Crippen LogP contribution in [0.4, 0.5) is 13.2 Å². The number of esters is 2. The normalized spacial score (nSPS) is 13.4. The number of carbonyl (C=O) groups is 2. The maximum Gasteiger partial charge on any atom is 0.411 e. The van der Waals surface area contributed by atoms with Crippen LogP contribution in [-0.4, -0.2) is 30.3 Å². The van der Waals surface area contributed by atoms with Gasteiger partial charge in [-0.1, -0.05) is 60.7 Å². The molecule has 0 amide bonds. The number of benzene rings is 2. The minimum atomic E-state index is -4.67. The van der Waals surface area contributed by atoms with E-state index in [0.717, 1.165) is 6.92 Å². The van der Waals surface area contributed by atoms with Crippen molar-refractivity contribution in [1.82, 2.24) is 0 Å². The topological polar surface area (TPSA) is 61.8 Å². The van der Waals surface area contributed by atoms with E-state index >= 15 is 0 Å². The Kier molecular flexibility index (Phi) is 7.78. The Morgan fingerprint density at radius 2 is 1.31 bits per heavy atom. The van der Waals surface area contributed by atoms with Gasteiger partial charge in [0.15, 0.2) is 5.60 Å². The second-order valence-corrected chi connectivity index (χ2v) is 6.52. The molecule has 0 heterocycles. The van der Waals surface area contributed by atoms with Crippen molar-refractivity contribution in [2.75, 3.05) is 6.61 Å². The monoisotopic (exact) mass is 410 g/mol. The van der Waals surface area contributed by atoms with Crippen molar-refractivity contribution in [1.29, 1.82) is 0 Å². The lowest BCUT2D eigenvalue weighted by Crippen LogP contribution is -2.44. The number of halogens is 3. The number of alkyl halides is 3. The van der Waals surface area contributed by atoms with E-state index in [-0.39, 0.29) is 13.2 Å². The van der Waals surface area contributed by atoms with Gasteiger partial charge in [0.25, 0.3) is 0 Å². The molecule has 0 fully saturated rings. The lowest BCUT2D eigenvalue weighted by Gasteiger charge is -2.27. The van der Waals surface area contributed by atoms with Crippen LogP contribution < -0.4 is 0 Å². The van der Waals surface area contributed by atoms with Crippen molar-refractivity contribution in [2.45, 2.75) is 38.3 Å². The van der Waals surface area contributed by atoms with Gasteiger partial charge in [-0.05, 0) is 18.1 Å². The molecule has 0 saturated heterocycles. The molecule has 0 bridgehead atoms. The molecule has 2 aromatic rings. The third kappa shape index (κ3) is 7.95. The fourth-order valence-electron chi connectivity index (χ4n) is 2.36. The first-order chi connectivity index (χ1) is 13.7. The van der Waals surface area contributed by atoms with Gasteiger partial charge >= 0.3 is 18.1 Å². The second-order valence-electron chi connectivity index (χ2n) is 6.52. The Morgan fingerprint density at radius 3 is 1.79 bits per heavy atom. The summed E-state index contributed by atoms with van der Waals surface area (Å²) in [6.07, 6.45) is -5.39. The minimum absolute atomic E-state index is 0.0753. The first-order valence-corrected chi connectivity index (χ1v) is 8.79. The predicted molar refractivity (Wildman–Crippen MR) is 97.5 cm³/mol. The van der Waals surface area contributed by atoms with Crippen LogP contribution in [0.5, 0.6) is 0 Å². The zero-order valence-electron chi connectivity index (χ0n) is 15.8. The standard InChI is InChI=1S/C21H21F3O5/c1-20(29-15-21(22,23)24,19(26)28-14-17-10-6-3-7-11-17)12-18(25)27-13-16-8-4-2-5-9-16/h2-11H,12-15H2,1H3. The molecule has 1 atom stereocenters. The average Bonchev–Trinajstić information content (AvgIpc) is 2.70. The molecular formula is C21H21F3O5. The van der Waals surface area contributed by atoms with E-state index in [1.54, 1.807) is 60.7 Å². The summed E-state index contributed by atoms with van der Waals surface area (Å²) in [6.45, 7) is -0.858. The van der Waals surface area contributed by atoms with Gasteiger partial charge in [-0.2, -0.15) is 13.2 Å².